The molecule has 1 saturated heterocycles. The van der Waals surface area contributed by atoms with Gasteiger partial charge in [0, 0.05) is 18.5 Å². The van der Waals surface area contributed by atoms with E-state index in [4.69, 9.17) is 5.73 Å². The average Bonchev–Trinajstić information content (AvgIpc) is 3.14. The van der Waals surface area contributed by atoms with Crippen molar-refractivity contribution in [2.24, 2.45) is 28.9 Å². The fraction of sp³-hybridized carbons (Fsp3) is 0.724. The molecule has 5 atom stereocenters. The normalized spacial score (nSPS) is 24.6. The highest BCUT2D eigenvalue weighted by Gasteiger charge is 2.69. The third kappa shape index (κ3) is 7.09. The minimum Gasteiger partial charge on any atom is -0.363 e. The zero-order valence-corrected chi connectivity index (χ0v) is 24.6. The Morgan fingerprint density at radius 3 is 2.17 bits per heavy atom. The number of likely N-dealkylation sites (tertiary alicyclic amines) is 1. The second-order valence-corrected chi connectivity index (χ2v) is 13.4. The number of nitrogens with one attached hydrogen (secondary N) is 3. The van der Waals surface area contributed by atoms with Crippen molar-refractivity contribution in [1.82, 2.24) is 20.9 Å². The van der Waals surface area contributed by atoms with Gasteiger partial charge in [0.05, 0.1) is 6.04 Å². The molecule has 2 aliphatic carbocycles. The van der Waals surface area contributed by atoms with Gasteiger partial charge in [-0.2, -0.15) is 0 Å². The van der Waals surface area contributed by atoms with Crippen LogP contribution in [0.1, 0.15) is 80.1 Å². The number of rotatable bonds is 12. The second kappa shape index (κ2) is 11.7. The molecule has 0 aromatic rings. The maximum absolute atomic E-state index is 13.9. The third-order valence-corrected chi connectivity index (χ3v) is 8.66. The summed E-state index contributed by atoms with van der Waals surface area (Å²) in [6.07, 6.45) is 3.22. The number of fused-ring (bicyclic) bond motifs is 1. The van der Waals surface area contributed by atoms with Gasteiger partial charge in [-0.25, -0.2) is 4.79 Å². The Hall–Kier alpha value is -3.24. The lowest BCUT2D eigenvalue weighted by Gasteiger charge is -2.35. The van der Waals surface area contributed by atoms with Crippen LogP contribution in [-0.4, -0.2) is 70.4 Å². The van der Waals surface area contributed by atoms with Gasteiger partial charge in [-0.1, -0.05) is 39.7 Å². The zero-order valence-electron chi connectivity index (χ0n) is 24.6. The van der Waals surface area contributed by atoms with Crippen LogP contribution in [0.4, 0.5) is 4.79 Å². The number of carbonyl (C=O) groups is 6. The minimum atomic E-state index is -1.11. The molecule has 1 heterocycles. The molecule has 3 aliphatic rings. The second-order valence-electron chi connectivity index (χ2n) is 13.4. The van der Waals surface area contributed by atoms with Gasteiger partial charge in [-0.3, -0.25) is 24.0 Å². The number of primary amides is 1. The van der Waals surface area contributed by atoms with Gasteiger partial charge in [0.1, 0.15) is 12.1 Å². The summed E-state index contributed by atoms with van der Waals surface area (Å²) in [5.74, 6) is -3.03. The van der Waals surface area contributed by atoms with Crippen LogP contribution in [-0.2, 0) is 24.0 Å². The van der Waals surface area contributed by atoms with Crippen molar-refractivity contribution in [2.75, 3.05) is 6.54 Å². The quantitative estimate of drug-likeness (QED) is 0.209. The van der Waals surface area contributed by atoms with E-state index in [1.165, 1.54) is 4.90 Å². The van der Waals surface area contributed by atoms with Crippen LogP contribution >= 0.6 is 0 Å². The van der Waals surface area contributed by atoms with Crippen LogP contribution in [0.3, 0.4) is 0 Å². The standard InChI is InChI=1S/C29H45N5O6/c1-15(2)20(35)12-11-18(32-27(40)33-28(3,4)5)26(39)34-14-17-21(29(17,6)7)22(34)25(38)31-19(23(36)24(30)37)13-16-9-8-10-16/h16-19,21-22H,1,8-14H2,2-7H3,(H2,30,37)(H,31,38)(H2,32,33,40)/t17?,18-,19?,21?,22-/m0/s1. The number of piperidine rings is 1. The maximum Gasteiger partial charge on any atom is 0.315 e. The Balaban J connectivity index is 1.83. The number of nitrogens with zero attached hydrogens (tertiary/aromatic N) is 1. The van der Waals surface area contributed by atoms with E-state index >= 15 is 0 Å². The fourth-order valence-electron chi connectivity index (χ4n) is 6.02. The van der Waals surface area contributed by atoms with Gasteiger partial charge in [0.2, 0.25) is 17.6 Å². The lowest BCUT2D eigenvalue weighted by Crippen LogP contribution is -2.59. The molecule has 1 aliphatic heterocycles. The highest BCUT2D eigenvalue weighted by Crippen LogP contribution is 2.65. The lowest BCUT2D eigenvalue weighted by molar-refractivity contribution is -0.144. The van der Waals surface area contributed by atoms with E-state index in [0.29, 0.717) is 18.5 Å². The summed E-state index contributed by atoms with van der Waals surface area (Å²) in [7, 11) is 0. The van der Waals surface area contributed by atoms with Crippen molar-refractivity contribution in [3.8, 4) is 0 Å². The summed E-state index contributed by atoms with van der Waals surface area (Å²) in [5.41, 5.74) is 4.87. The molecule has 3 unspecified atom stereocenters. The summed E-state index contributed by atoms with van der Waals surface area (Å²) in [6, 6.07) is -3.55. The Bertz CT molecular complexity index is 1090. The van der Waals surface area contributed by atoms with Crippen LogP contribution < -0.4 is 21.7 Å². The Morgan fingerprint density at radius 1 is 1.05 bits per heavy atom. The molecular weight excluding hydrogens is 514 g/mol. The largest absolute Gasteiger partial charge is 0.363 e. The first-order valence-electron chi connectivity index (χ1n) is 14.2. The van der Waals surface area contributed by atoms with Crippen molar-refractivity contribution in [1.29, 1.82) is 0 Å². The van der Waals surface area contributed by atoms with E-state index in [1.54, 1.807) is 27.7 Å². The number of carbonyl (C=O) groups excluding carboxylic acids is 6. The Morgan fingerprint density at radius 2 is 1.68 bits per heavy atom. The van der Waals surface area contributed by atoms with Crippen molar-refractivity contribution in [3.63, 3.8) is 0 Å². The monoisotopic (exact) mass is 559 g/mol. The van der Waals surface area contributed by atoms with Crippen LogP contribution in [0.25, 0.3) is 0 Å². The SMILES string of the molecule is C=C(C)C(=O)CC[C@H](NC(=O)NC(C)(C)C)C(=O)N1CC2C([C@H]1C(=O)NC(CC1CCC1)C(=O)C(N)=O)C2(C)C. The smallest absolute Gasteiger partial charge is 0.315 e. The van der Waals surface area contributed by atoms with E-state index in [9.17, 15) is 28.8 Å². The molecule has 0 bridgehead atoms. The third-order valence-electron chi connectivity index (χ3n) is 8.66. The van der Waals surface area contributed by atoms with Crippen molar-refractivity contribution in [2.45, 2.75) is 104 Å². The van der Waals surface area contributed by atoms with Gasteiger partial charge >= 0.3 is 6.03 Å². The summed E-state index contributed by atoms with van der Waals surface area (Å²) >= 11 is 0. The molecule has 0 radical (unpaired) electrons. The maximum atomic E-state index is 13.9. The van der Waals surface area contributed by atoms with Crippen LogP contribution in [0, 0.1) is 23.2 Å². The zero-order chi connectivity index (χ0) is 30.2. The van der Waals surface area contributed by atoms with Gasteiger partial charge in [0.15, 0.2) is 5.78 Å². The van der Waals surface area contributed by atoms with Gasteiger partial charge in [-0.05, 0) is 69.3 Å². The molecule has 222 valence electrons. The average molecular weight is 560 g/mol. The molecule has 2 saturated carbocycles. The fourth-order valence-corrected chi connectivity index (χ4v) is 6.02. The Kier molecular flexibility index (Phi) is 9.16. The number of allylic oxidation sites excluding steroid dienone is 1. The van der Waals surface area contributed by atoms with E-state index in [1.807, 2.05) is 13.8 Å². The van der Waals surface area contributed by atoms with Gasteiger partial charge < -0.3 is 26.6 Å². The van der Waals surface area contributed by atoms with Crippen molar-refractivity contribution in [3.05, 3.63) is 12.2 Å². The number of ketones is 2. The first-order chi connectivity index (χ1) is 18.4. The van der Waals surface area contributed by atoms with E-state index < -0.39 is 53.2 Å². The highest BCUT2D eigenvalue weighted by molar-refractivity contribution is 6.37. The van der Waals surface area contributed by atoms with E-state index in [-0.39, 0.29) is 41.8 Å². The molecule has 5 amide bonds. The minimum absolute atomic E-state index is 0.00116. The number of amides is 5. The molecule has 5 N–H and O–H groups in total. The van der Waals surface area contributed by atoms with Crippen LogP contribution in [0.15, 0.2) is 12.2 Å². The predicted octanol–water partition coefficient (Wildman–Crippen LogP) is 1.59. The molecule has 3 rings (SSSR count). The van der Waals surface area contributed by atoms with Gasteiger partial charge in [0.25, 0.3) is 5.91 Å². The first-order valence-corrected chi connectivity index (χ1v) is 14.2. The van der Waals surface area contributed by atoms with E-state index in [0.717, 1.165) is 19.3 Å². The number of Topliss-reactive ketones (excluding diaryl/α,β-unsaturated/α-hetero) is 2. The van der Waals surface area contributed by atoms with Crippen molar-refractivity contribution < 1.29 is 28.8 Å². The predicted molar refractivity (Wildman–Crippen MR) is 149 cm³/mol. The Labute approximate surface area is 236 Å². The van der Waals surface area contributed by atoms with Crippen LogP contribution in [0.2, 0.25) is 0 Å². The first kappa shape index (κ1) is 31.3. The van der Waals surface area contributed by atoms with Crippen molar-refractivity contribution >= 4 is 35.3 Å². The number of hydrogen-bond donors (Lipinski definition) is 4. The summed E-state index contributed by atoms with van der Waals surface area (Å²) < 4.78 is 0. The number of urea groups is 1. The molecule has 0 spiro atoms. The molecule has 3 fully saturated rings. The topological polar surface area (TPSA) is 168 Å². The highest BCUT2D eigenvalue weighted by atomic mass is 16.2. The van der Waals surface area contributed by atoms with Crippen LogP contribution in [0.5, 0.6) is 0 Å². The molecular formula is C29H45N5O6. The molecule has 0 aromatic heterocycles. The summed E-state index contributed by atoms with van der Waals surface area (Å²) in [4.78, 5) is 78.4. The molecule has 40 heavy (non-hydrogen) atoms. The number of nitrogens with two attached hydrogens (primary N) is 1. The lowest BCUT2D eigenvalue weighted by atomic mass is 9.80. The summed E-state index contributed by atoms with van der Waals surface area (Å²) in [6.45, 7) is 15.0. The van der Waals surface area contributed by atoms with E-state index in [2.05, 4.69) is 22.5 Å². The molecule has 11 nitrogen and oxygen atoms in total. The molecule has 11 heteroatoms. The van der Waals surface area contributed by atoms with Gasteiger partial charge in [-0.15, -0.1) is 0 Å². The number of hydrogen-bond acceptors (Lipinski definition) is 6. The summed E-state index contributed by atoms with van der Waals surface area (Å²) in [5, 5.41) is 8.21. The molecule has 0 aromatic carbocycles.